The van der Waals surface area contributed by atoms with Gasteiger partial charge in [-0.15, -0.1) is 0 Å². The molecule has 2 aliphatic rings. The first-order chi connectivity index (χ1) is 9.74. The van der Waals surface area contributed by atoms with Crippen molar-refractivity contribution < 1.29 is 9.53 Å². The minimum Gasteiger partial charge on any atom is -0.492 e. The first kappa shape index (κ1) is 13.9. The zero-order valence-electron chi connectivity index (χ0n) is 11.5. The maximum atomic E-state index is 12.4. The summed E-state index contributed by atoms with van der Waals surface area (Å²) < 4.78 is 5.70. The van der Waals surface area contributed by atoms with E-state index in [9.17, 15) is 4.79 Å². The second kappa shape index (κ2) is 6.17. The number of amides is 1. The third-order valence-corrected chi connectivity index (χ3v) is 5.36. The molecule has 0 spiro atoms. The molecule has 0 bridgehead atoms. The number of nitrogens with one attached hydrogen (secondary N) is 1. The van der Waals surface area contributed by atoms with Gasteiger partial charge < -0.3 is 10.1 Å². The van der Waals surface area contributed by atoms with Crippen molar-refractivity contribution in [3.8, 4) is 5.75 Å². The Kier molecular flexibility index (Phi) is 4.29. The lowest BCUT2D eigenvalue weighted by atomic mass is 9.92. The highest BCUT2D eigenvalue weighted by Gasteiger charge is 2.30. The fourth-order valence-electron chi connectivity index (χ4n) is 3.05. The quantitative estimate of drug-likeness (QED) is 0.842. The SMILES string of the molecule is O=C(NC1CCCCC1Br)C1COc2ccccc2C1. The Morgan fingerprint density at radius 1 is 1.25 bits per heavy atom. The van der Waals surface area contributed by atoms with Crippen molar-refractivity contribution >= 4 is 21.8 Å². The number of rotatable bonds is 2. The number of carbonyl (C=O) groups excluding carboxylic acids is 1. The maximum absolute atomic E-state index is 12.4. The summed E-state index contributed by atoms with van der Waals surface area (Å²) >= 11 is 3.69. The van der Waals surface area contributed by atoms with E-state index < -0.39 is 0 Å². The molecule has 1 aliphatic heterocycles. The Labute approximate surface area is 128 Å². The molecule has 1 heterocycles. The number of ether oxygens (including phenoxy) is 1. The molecule has 1 aromatic rings. The average Bonchev–Trinajstić information content (AvgIpc) is 2.49. The van der Waals surface area contributed by atoms with Crippen LogP contribution in [0.1, 0.15) is 31.2 Å². The largest absolute Gasteiger partial charge is 0.492 e. The lowest BCUT2D eigenvalue weighted by Gasteiger charge is -2.31. The van der Waals surface area contributed by atoms with E-state index in [1.807, 2.05) is 24.3 Å². The third kappa shape index (κ3) is 3.00. The molecule has 1 saturated carbocycles. The molecule has 1 aromatic carbocycles. The first-order valence-corrected chi connectivity index (χ1v) is 8.31. The zero-order valence-corrected chi connectivity index (χ0v) is 13.1. The molecule has 108 valence electrons. The summed E-state index contributed by atoms with van der Waals surface area (Å²) in [5, 5.41) is 3.20. The van der Waals surface area contributed by atoms with Gasteiger partial charge in [0.15, 0.2) is 0 Å². The van der Waals surface area contributed by atoms with E-state index in [-0.39, 0.29) is 17.9 Å². The number of hydrogen-bond donors (Lipinski definition) is 1. The molecule has 0 radical (unpaired) electrons. The van der Waals surface area contributed by atoms with Crippen LogP contribution < -0.4 is 10.1 Å². The molecule has 1 N–H and O–H groups in total. The summed E-state index contributed by atoms with van der Waals surface area (Å²) in [5.74, 6) is 0.995. The smallest absolute Gasteiger partial charge is 0.227 e. The van der Waals surface area contributed by atoms with E-state index in [1.54, 1.807) is 0 Å². The number of para-hydroxylation sites is 1. The van der Waals surface area contributed by atoms with Crippen LogP contribution in [0.15, 0.2) is 24.3 Å². The van der Waals surface area contributed by atoms with Gasteiger partial charge in [-0.2, -0.15) is 0 Å². The van der Waals surface area contributed by atoms with Gasteiger partial charge in [-0.25, -0.2) is 0 Å². The summed E-state index contributed by atoms with van der Waals surface area (Å²) in [6.45, 7) is 0.489. The van der Waals surface area contributed by atoms with Gasteiger partial charge in [0, 0.05) is 10.9 Å². The van der Waals surface area contributed by atoms with E-state index in [2.05, 4.69) is 21.2 Å². The second-order valence-corrected chi connectivity index (χ2v) is 6.91. The van der Waals surface area contributed by atoms with E-state index in [1.165, 1.54) is 12.8 Å². The summed E-state index contributed by atoms with van der Waals surface area (Å²) in [5.41, 5.74) is 1.14. The van der Waals surface area contributed by atoms with Gasteiger partial charge in [0.2, 0.25) is 5.91 Å². The molecule has 0 aromatic heterocycles. The van der Waals surface area contributed by atoms with Crippen molar-refractivity contribution in [2.45, 2.75) is 43.0 Å². The van der Waals surface area contributed by atoms with Gasteiger partial charge in [0.05, 0.1) is 5.92 Å². The molecule has 3 unspecified atom stereocenters. The van der Waals surface area contributed by atoms with Gasteiger partial charge in [-0.1, -0.05) is 47.0 Å². The standard InChI is InChI=1S/C16H20BrNO2/c17-13-6-2-3-7-14(13)18-16(19)12-9-11-5-1-4-8-15(11)20-10-12/h1,4-5,8,12-14H,2-3,6-7,9-10H2,(H,18,19). The summed E-state index contributed by atoms with van der Waals surface area (Å²) in [6, 6.07) is 8.25. The summed E-state index contributed by atoms with van der Waals surface area (Å²) in [7, 11) is 0. The van der Waals surface area contributed by atoms with Gasteiger partial charge in [-0.3, -0.25) is 4.79 Å². The van der Waals surface area contributed by atoms with Crippen molar-refractivity contribution in [3.63, 3.8) is 0 Å². The first-order valence-electron chi connectivity index (χ1n) is 7.39. The Morgan fingerprint density at radius 3 is 2.90 bits per heavy atom. The van der Waals surface area contributed by atoms with E-state index >= 15 is 0 Å². The molecule has 1 aliphatic carbocycles. The lowest BCUT2D eigenvalue weighted by Crippen LogP contribution is -2.47. The number of hydrogen-bond acceptors (Lipinski definition) is 2. The molecule has 1 amide bonds. The van der Waals surface area contributed by atoms with Crippen LogP contribution in [-0.2, 0) is 11.2 Å². The van der Waals surface area contributed by atoms with Crippen LogP contribution in [0.2, 0.25) is 0 Å². The van der Waals surface area contributed by atoms with Crippen LogP contribution in [0.3, 0.4) is 0 Å². The van der Waals surface area contributed by atoms with Gasteiger partial charge >= 0.3 is 0 Å². The average molecular weight is 338 g/mol. The predicted molar refractivity (Wildman–Crippen MR) is 82.2 cm³/mol. The highest BCUT2D eigenvalue weighted by molar-refractivity contribution is 9.09. The molecule has 1 fully saturated rings. The molecular formula is C16H20BrNO2. The van der Waals surface area contributed by atoms with Gasteiger partial charge in [0.25, 0.3) is 0 Å². The Hall–Kier alpha value is -1.03. The third-order valence-electron chi connectivity index (χ3n) is 4.26. The Morgan fingerprint density at radius 2 is 2.05 bits per heavy atom. The topological polar surface area (TPSA) is 38.3 Å². The number of alkyl halides is 1. The number of fused-ring (bicyclic) bond motifs is 1. The van der Waals surface area contributed by atoms with Crippen LogP contribution >= 0.6 is 15.9 Å². The monoisotopic (exact) mass is 337 g/mol. The number of carbonyl (C=O) groups is 1. The Bertz CT molecular complexity index is 491. The molecule has 4 heteroatoms. The molecular weight excluding hydrogens is 318 g/mol. The van der Waals surface area contributed by atoms with Crippen LogP contribution in [0.5, 0.6) is 5.75 Å². The normalized spacial score (nSPS) is 29.1. The van der Waals surface area contributed by atoms with E-state index in [0.717, 1.165) is 30.6 Å². The summed E-state index contributed by atoms with van der Waals surface area (Å²) in [4.78, 5) is 12.8. The van der Waals surface area contributed by atoms with Crippen LogP contribution in [-0.4, -0.2) is 23.4 Å². The molecule has 3 nitrogen and oxygen atoms in total. The van der Waals surface area contributed by atoms with Gasteiger partial charge in [0.1, 0.15) is 12.4 Å². The van der Waals surface area contributed by atoms with Crippen molar-refractivity contribution in [3.05, 3.63) is 29.8 Å². The number of halogens is 1. The molecule has 3 atom stereocenters. The minimum absolute atomic E-state index is 0.0634. The van der Waals surface area contributed by atoms with Crippen LogP contribution in [0.25, 0.3) is 0 Å². The highest BCUT2D eigenvalue weighted by Crippen LogP contribution is 2.28. The van der Waals surface area contributed by atoms with Crippen LogP contribution in [0.4, 0.5) is 0 Å². The maximum Gasteiger partial charge on any atom is 0.227 e. The number of benzene rings is 1. The van der Waals surface area contributed by atoms with E-state index in [4.69, 9.17) is 4.74 Å². The van der Waals surface area contributed by atoms with Crippen molar-refractivity contribution in [1.82, 2.24) is 5.32 Å². The van der Waals surface area contributed by atoms with Crippen molar-refractivity contribution in [2.75, 3.05) is 6.61 Å². The van der Waals surface area contributed by atoms with Crippen LogP contribution in [0, 0.1) is 5.92 Å². The minimum atomic E-state index is -0.0634. The zero-order chi connectivity index (χ0) is 13.9. The molecule has 0 saturated heterocycles. The Balaban J connectivity index is 1.61. The molecule has 3 rings (SSSR count). The second-order valence-electron chi connectivity index (χ2n) is 5.74. The lowest BCUT2D eigenvalue weighted by molar-refractivity contribution is -0.127. The fraction of sp³-hybridized carbons (Fsp3) is 0.562. The van der Waals surface area contributed by atoms with Gasteiger partial charge in [-0.05, 0) is 30.9 Å². The van der Waals surface area contributed by atoms with E-state index in [0.29, 0.717) is 11.4 Å². The van der Waals surface area contributed by atoms with Crippen molar-refractivity contribution in [2.24, 2.45) is 5.92 Å². The fourth-order valence-corrected chi connectivity index (χ4v) is 3.77. The van der Waals surface area contributed by atoms with Crippen molar-refractivity contribution in [1.29, 1.82) is 0 Å². The predicted octanol–water partition coefficient (Wildman–Crippen LogP) is 3.06. The highest BCUT2D eigenvalue weighted by atomic mass is 79.9. The summed E-state index contributed by atoms with van der Waals surface area (Å²) in [6.07, 6.45) is 5.46. The molecule has 20 heavy (non-hydrogen) atoms.